The SMILES string of the molecule is CCNC(CCN(C)C)Cc1ccco1. The Morgan fingerprint density at radius 2 is 2.27 bits per heavy atom. The highest BCUT2D eigenvalue weighted by molar-refractivity contribution is 5.00. The molecule has 0 fully saturated rings. The summed E-state index contributed by atoms with van der Waals surface area (Å²) in [6.45, 7) is 4.27. The molecule has 0 aliphatic carbocycles. The molecule has 3 heteroatoms. The second kappa shape index (κ2) is 6.64. The van der Waals surface area contributed by atoms with Crippen LogP contribution in [0.5, 0.6) is 0 Å². The molecule has 0 bridgehead atoms. The third kappa shape index (κ3) is 5.00. The van der Waals surface area contributed by atoms with Gasteiger partial charge < -0.3 is 14.6 Å². The zero-order valence-corrected chi connectivity index (χ0v) is 9.99. The van der Waals surface area contributed by atoms with E-state index in [9.17, 15) is 0 Å². The van der Waals surface area contributed by atoms with Crippen LogP contribution in [-0.2, 0) is 6.42 Å². The minimum atomic E-state index is 0.517. The lowest BCUT2D eigenvalue weighted by Gasteiger charge is -2.19. The molecule has 1 atom stereocenters. The van der Waals surface area contributed by atoms with E-state index in [0.29, 0.717) is 6.04 Å². The van der Waals surface area contributed by atoms with Gasteiger partial charge in [0.05, 0.1) is 6.26 Å². The van der Waals surface area contributed by atoms with E-state index >= 15 is 0 Å². The van der Waals surface area contributed by atoms with E-state index < -0.39 is 0 Å². The number of nitrogens with one attached hydrogen (secondary N) is 1. The molecule has 1 rings (SSSR count). The molecule has 0 spiro atoms. The van der Waals surface area contributed by atoms with E-state index in [1.807, 2.05) is 12.1 Å². The van der Waals surface area contributed by atoms with Gasteiger partial charge in [-0.25, -0.2) is 0 Å². The number of hydrogen-bond donors (Lipinski definition) is 1. The minimum absolute atomic E-state index is 0.517. The molecule has 0 radical (unpaired) electrons. The van der Waals surface area contributed by atoms with Crippen LogP contribution < -0.4 is 5.32 Å². The molecule has 1 heterocycles. The molecule has 0 saturated carbocycles. The Balaban J connectivity index is 2.36. The summed E-state index contributed by atoms with van der Waals surface area (Å²) in [5.41, 5.74) is 0. The molecular formula is C12H22N2O. The lowest BCUT2D eigenvalue weighted by Crippen LogP contribution is -2.33. The topological polar surface area (TPSA) is 28.4 Å². The third-order valence-electron chi connectivity index (χ3n) is 2.45. The molecule has 1 aromatic heterocycles. The van der Waals surface area contributed by atoms with Crippen molar-refractivity contribution in [2.24, 2.45) is 0 Å². The standard InChI is InChI=1S/C12H22N2O/c1-4-13-11(7-8-14(2)3)10-12-6-5-9-15-12/h5-6,9,11,13H,4,7-8,10H2,1-3H3. The number of rotatable bonds is 7. The summed E-state index contributed by atoms with van der Waals surface area (Å²) in [7, 11) is 4.21. The Morgan fingerprint density at radius 3 is 2.80 bits per heavy atom. The predicted molar refractivity (Wildman–Crippen MR) is 63.0 cm³/mol. The second-order valence-corrected chi connectivity index (χ2v) is 4.13. The molecule has 15 heavy (non-hydrogen) atoms. The average molecular weight is 210 g/mol. The molecule has 1 unspecified atom stereocenters. The van der Waals surface area contributed by atoms with Gasteiger partial charge in [0.1, 0.15) is 5.76 Å². The van der Waals surface area contributed by atoms with Crippen LogP contribution in [0, 0.1) is 0 Å². The minimum Gasteiger partial charge on any atom is -0.469 e. The van der Waals surface area contributed by atoms with Crippen LogP contribution in [0.1, 0.15) is 19.1 Å². The Labute approximate surface area is 92.5 Å². The Kier molecular flexibility index (Phi) is 5.43. The average Bonchev–Trinajstić information content (AvgIpc) is 2.67. The number of likely N-dealkylation sites (N-methyl/N-ethyl adjacent to an activating group) is 1. The van der Waals surface area contributed by atoms with Crippen LogP contribution >= 0.6 is 0 Å². The maximum Gasteiger partial charge on any atom is 0.105 e. The van der Waals surface area contributed by atoms with E-state index in [2.05, 4.69) is 31.2 Å². The highest BCUT2D eigenvalue weighted by Crippen LogP contribution is 2.06. The van der Waals surface area contributed by atoms with Gasteiger partial charge in [0.2, 0.25) is 0 Å². The van der Waals surface area contributed by atoms with Gasteiger partial charge in [-0.1, -0.05) is 6.92 Å². The van der Waals surface area contributed by atoms with Crippen molar-refractivity contribution in [3.05, 3.63) is 24.2 Å². The molecule has 0 saturated heterocycles. The van der Waals surface area contributed by atoms with Gasteiger partial charge in [0.25, 0.3) is 0 Å². The maximum atomic E-state index is 5.36. The van der Waals surface area contributed by atoms with Gasteiger partial charge in [-0.2, -0.15) is 0 Å². The zero-order chi connectivity index (χ0) is 11.1. The smallest absolute Gasteiger partial charge is 0.105 e. The van der Waals surface area contributed by atoms with Crippen molar-refractivity contribution in [1.82, 2.24) is 10.2 Å². The van der Waals surface area contributed by atoms with E-state index in [1.54, 1.807) is 6.26 Å². The van der Waals surface area contributed by atoms with Gasteiger partial charge in [-0.15, -0.1) is 0 Å². The van der Waals surface area contributed by atoms with E-state index in [1.165, 1.54) is 0 Å². The molecule has 0 aliphatic heterocycles. The summed E-state index contributed by atoms with van der Waals surface area (Å²) in [6, 6.07) is 4.51. The molecular weight excluding hydrogens is 188 g/mol. The van der Waals surface area contributed by atoms with Gasteiger partial charge >= 0.3 is 0 Å². The normalized spacial score (nSPS) is 13.3. The largest absolute Gasteiger partial charge is 0.469 e. The first kappa shape index (κ1) is 12.3. The third-order valence-corrected chi connectivity index (χ3v) is 2.45. The summed E-state index contributed by atoms with van der Waals surface area (Å²) in [5, 5.41) is 3.49. The Hall–Kier alpha value is -0.800. The lowest BCUT2D eigenvalue weighted by atomic mass is 10.1. The fraction of sp³-hybridized carbons (Fsp3) is 0.667. The number of furan rings is 1. The first-order chi connectivity index (χ1) is 7.22. The predicted octanol–water partition coefficient (Wildman–Crippen LogP) is 1.75. The van der Waals surface area contributed by atoms with Crippen LogP contribution in [0.2, 0.25) is 0 Å². The fourth-order valence-corrected chi connectivity index (χ4v) is 1.65. The molecule has 86 valence electrons. The molecule has 0 amide bonds. The van der Waals surface area contributed by atoms with Crippen LogP contribution in [0.3, 0.4) is 0 Å². The van der Waals surface area contributed by atoms with Crippen molar-refractivity contribution in [3.63, 3.8) is 0 Å². The fourth-order valence-electron chi connectivity index (χ4n) is 1.65. The molecule has 1 aromatic rings. The van der Waals surface area contributed by atoms with Crippen LogP contribution in [0.25, 0.3) is 0 Å². The monoisotopic (exact) mass is 210 g/mol. The number of hydrogen-bond acceptors (Lipinski definition) is 3. The van der Waals surface area contributed by atoms with Gasteiger partial charge in [-0.3, -0.25) is 0 Å². The van der Waals surface area contributed by atoms with E-state index in [0.717, 1.165) is 31.7 Å². The van der Waals surface area contributed by atoms with Crippen molar-refractivity contribution in [1.29, 1.82) is 0 Å². The van der Waals surface area contributed by atoms with Crippen LogP contribution in [0.4, 0.5) is 0 Å². The second-order valence-electron chi connectivity index (χ2n) is 4.13. The van der Waals surface area contributed by atoms with Gasteiger partial charge in [-0.05, 0) is 45.7 Å². The molecule has 0 aromatic carbocycles. The van der Waals surface area contributed by atoms with Gasteiger partial charge in [0.15, 0.2) is 0 Å². The van der Waals surface area contributed by atoms with Crippen molar-refractivity contribution in [2.45, 2.75) is 25.8 Å². The molecule has 0 aliphatic rings. The summed E-state index contributed by atoms with van der Waals surface area (Å²) in [6.07, 6.45) is 3.88. The van der Waals surface area contributed by atoms with Crippen LogP contribution in [-0.4, -0.2) is 38.1 Å². The van der Waals surface area contributed by atoms with Crippen molar-refractivity contribution in [3.8, 4) is 0 Å². The van der Waals surface area contributed by atoms with Crippen molar-refractivity contribution in [2.75, 3.05) is 27.2 Å². The Morgan fingerprint density at radius 1 is 1.47 bits per heavy atom. The summed E-state index contributed by atoms with van der Waals surface area (Å²) >= 11 is 0. The Bertz CT molecular complexity index is 244. The summed E-state index contributed by atoms with van der Waals surface area (Å²) in [4.78, 5) is 2.21. The quantitative estimate of drug-likeness (QED) is 0.743. The zero-order valence-electron chi connectivity index (χ0n) is 9.99. The van der Waals surface area contributed by atoms with Gasteiger partial charge in [0, 0.05) is 12.5 Å². The van der Waals surface area contributed by atoms with Crippen molar-refractivity contribution >= 4 is 0 Å². The van der Waals surface area contributed by atoms with Crippen LogP contribution in [0.15, 0.2) is 22.8 Å². The first-order valence-electron chi connectivity index (χ1n) is 5.63. The summed E-state index contributed by atoms with van der Waals surface area (Å²) in [5.74, 6) is 1.07. The first-order valence-corrected chi connectivity index (χ1v) is 5.63. The molecule has 3 nitrogen and oxygen atoms in total. The maximum absolute atomic E-state index is 5.36. The van der Waals surface area contributed by atoms with E-state index in [4.69, 9.17) is 4.42 Å². The lowest BCUT2D eigenvalue weighted by molar-refractivity contribution is 0.348. The number of nitrogens with zero attached hydrogens (tertiary/aromatic N) is 1. The van der Waals surface area contributed by atoms with E-state index in [-0.39, 0.29) is 0 Å². The molecule has 1 N–H and O–H groups in total. The van der Waals surface area contributed by atoms with Crippen molar-refractivity contribution < 1.29 is 4.42 Å². The highest BCUT2D eigenvalue weighted by Gasteiger charge is 2.10. The highest BCUT2D eigenvalue weighted by atomic mass is 16.3. The summed E-state index contributed by atoms with van der Waals surface area (Å²) < 4.78 is 5.36.